The van der Waals surface area contributed by atoms with E-state index in [9.17, 15) is 9.59 Å². The van der Waals surface area contributed by atoms with E-state index in [1.54, 1.807) is 6.08 Å². The highest BCUT2D eigenvalue weighted by Crippen LogP contribution is 2.30. The number of hydrogen-bond acceptors (Lipinski definition) is 4. The highest BCUT2D eigenvalue weighted by atomic mass is 32.2. The SMILES string of the molecule is NCc1ccccc1-c1ccc(Cn2cc(/C=C3\SC(=O)NC3=O)c3ccccc32)cc1. The Kier molecular flexibility index (Phi) is 5.39. The molecule has 3 aromatic carbocycles. The molecule has 6 heteroatoms. The second-order valence-corrected chi connectivity index (χ2v) is 8.65. The van der Waals surface area contributed by atoms with Crippen molar-refractivity contribution >= 4 is 39.9 Å². The summed E-state index contributed by atoms with van der Waals surface area (Å²) in [4.78, 5) is 23.9. The van der Waals surface area contributed by atoms with Crippen molar-refractivity contribution in [2.45, 2.75) is 13.1 Å². The molecule has 2 amide bonds. The molecule has 1 aliphatic rings. The molecule has 5 rings (SSSR count). The van der Waals surface area contributed by atoms with E-state index >= 15 is 0 Å². The van der Waals surface area contributed by atoms with Crippen molar-refractivity contribution < 1.29 is 9.59 Å². The van der Waals surface area contributed by atoms with Gasteiger partial charge in [0.05, 0.1) is 4.91 Å². The third-order valence-corrected chi connectivity index (χ3v) is 6.41. The van der Waals surface area contributed by atoms with Gasteiger partial charge < -0.3 is 10.3 Å². The van der Waals surface area contributed by atoms with Gasteiger partial charge >= 0.3 is 0 Å². The molecular formula is C26H21N3O2S. The van der Waals surface area contributed by atoms with Crippen LogP contribution >= 0.6 is 11.8 Å². The summed E-state index contributed by atoms with van der Waals surface area (Å²) in [5, 5.41) is 3.02. The lowest BCUT2D eigenvalue weighted by atomic mass is 9.99. The molecule has 158 valence electrons. The normalized spacial score (nSPS) is 15.0. The first-order valence-electron chi connectivity index (χ1n) is 10.3. The van der Waals surface area contributed by atoms with E-state index in [1.165, 1.54) is 5.56 Å². The van der Waals surface area contributed by atoms with Crippen LogP contribution in [0, 0.1) is 0 Å². The first-order chi connectivity index (χ1) is 15.6. The Morgan fingerprint density at radius 1 is 0.938 bits per heavy atom. The number of carbonyl (C=O) groups excluding carboxylic acids is 2. The largest absolute Gasteiger partial charge is 0.342 e. The summed E-state index contributed by atoms with van der Waals surface area (Å²) in [6, 6.07) is 24.8. The van der Waals surface area contributed by atoms with Crippen LogP contribution in [0.1, 0.15) is 16.7 Å². The summed E-state index contributed by atoms with van der Waals surface area (Å²) < 4.78 is 2.17. The molecular weight excluding hydrogens is 418 g/mol. The third-order valence-electron chi connectivity index (χ3n) is 5.60. The summed E-state index contributed by atoms with van der Waals surface area (Å²) in [6.45, 7) is 1.20. The minimum Gasteiger partial charge on any atom is -0.342 e. The van der Waals surface area contributed by atoms with Crippen LogP contribution in [0.25, 0.3) is 28.1 Å². The zero-order chi connectivity index (χ0) is 22.1. The van der Waals surface area contributed by atoms with Crippen LogP contribution in [-0.4, -0.2) is 15.7 Å². The third kappa shape index (κ3) is 3.86. The maximum Gasteiger partial charge on any atom is 0.290 e. The van der Waals surface area contributed by atoms with Crippen molar-refractivity contribution in [2.24, 2.45) is 5.73 Å². The smallest absolute Gasteiger partial charge is 0.290 e. The number of benzene rings is 3. The second-order valence-electron chi connectivity index (χ2n) is 7.64. The van der Waals surface area contributed by atoms with E-state index in [2.05, 4.69) is 52.3 Å². The highest BCUT2D eigenvalue weighted by Gasteiger charge is 2.25. The molecule has 1 saturated heterocycles. The number of carbonyl (C=O) groups is 2. The number of hydrogen-bond donors (Lipinski definition) is 2. The molecule has 3 N–H and O–H groups in total. The Morgan fingerprint density at radius 3 is 2.44 bits per heavy atom. The molecule has 5 nitrogen and oxygen atoms in total. The van der Waals surface area contributed by atoms with E-state index in [0.29, 0.717) is 18.0 Å². The van der Waals surface area contributed by atoms with E-state index in [0.717, 1.165) is 44.9 Å². The van der Waals surface area contributed by atoms with Gasteiger partial charge in [0.15, 0.2) is 0 Å². The zero-order valence-corrected chi connectivity index (χ0v) is 18.1. The monoisotopic (exact) mass is 439 g/mol. The van der Waals surface area contributed by atoms with E-state index in [4.69, 9.17) is 5.73 Å². The summed E-state index contributed by atoms with van der Waals surface area (Å²) in [6.07, 6.45) is 3.82. The fourth-order valence-corrected chi connectivity index (χ4v) is 4.72. The lowest BCUT2D eigenvalue weighted by Crippen LogP contribution is -2.17. The van der Waals surface area contributed by atoms with Crippen LogP contribution in [0.15, 0.2) is 83.9 Å². The van der Waals surface area contributed by atoms with Gasteiger partial charge in [-0.25, -0.2) is 0 Å². The van der Waals surface area contributed by atoms with Gasteiger partial charge in [-0.3, -0.25) is 14.9 Å². The molecule has 2 heterocycles. The molecule has 0 aliphatic carbocycles. The van der Waals surface area contributed by atoms with Crippen molar-refractivity contribution in [3.63, 3.8) is 0 Å². The molecule has 0 unspecified atom stereocenters. The molecule has 1 fully saturated rings. The molecule has 32 heavy (non-hydrogen) atoms. The number of rotatable bonds is 5. The van der Waals surface area contributed by atoms with Crippen LogP contribution in [0.2, 0.25) is 0 Å². The molecule has 0 spiro atoms. The molecule has 0 bridgehead atoms. The summed E-state index contributed by atoms with van der Waals surface area (Å²) in [5.74, 6) is -0.342. The molecule has 0 radical (unpaired) electrons. The topological polar surface area (TPSA) is 77.1 Å². The summed E-state index contributed by atoms with van der Waals surface area (Å²) >= 11 is 0.936. The molecule has 1 aliphatic heterocycles. The maximum atomic E-state index is 12.0. The average Bonchev–Trinajstić information content (AvgIpc) is 3.33. The Balaban J connectivity index is 1.47. The van der Waals surface area contributed by atoms with Gasteiger partial charge in [0.1, 0.15) is 0 Å². The van der Waals surface area contributed by atoms with Crippen LogP contribution in [0.3, 0.4) is 0 Å². The van der Waals surface area contributed by atoms with Crippen molar-refractivity contribution in [1.29, 1.82) is 0 Å². The Labute approximate surface area is 189 Å². The van der Waals surface area contributed by atoms with Crippen LogP contribution in [0.4, 0.5) is 4.79 Å². The first-order valence-corrected chi connectivity index (χ1v) is 11.1. The maximum absolute atomic E-state index is 12.0. The number of nitrogens with one attached hydrogen (secondary N) is 1. The lowest BCUT2D eigenvalue weighted by molar-refractivity contribution is -0.115. The van der Waals surface area contributed by atoms with Crippen molar-refractivity contribution in [3.05, 3.63) is 101 Å². The Hall–Kier alpha value is -3.61. The standard InChI is InChI=1S/C26H21N3O2S/c27-14-19-5-1-2-6-21(19)18-11-9-17(10-12-18)15-29-16-20(22-7-3-4-8-23(22)29)13-24-25(30)28-26(31)32-24/h1-13,16H,14-15,27H2,(H,28,30,31)/b24-13-. The minimum absolute atomic E-state index is 0.332. The second kappa shape index (κ2) is 8.49. The Morgan fingerprint density at radius 2 is 1.69 bits per heavy atom. The van der Waals surface area contributed by atoms with Crippen LogP contribution in [-0.2, 0) is 17.9 Å². The van der Waals surface area contributed by atoms with E-state index in [1.807, 2.05) is 36.5 Å². The number of para-hydroxylation sites is 1. The summed E-state index contributed by atoms with van der Waals surface area (Å²) in [7, 11) is 0. The predicted octanol–water partition coefficient (Wildman–Crippen LogP) is 5.14. The number of nitrogens with zero attached hydrogens (tertiary/aromatic N) is 1. The van der Waals surface area contributed by atoms with Gasteiger partial charge in [0, 0.05) is 35.8 Å². The molecule has 0 saturated carbocycles. The Bertz CT molecular complexity index is 1370. The number of thioether (sulfide) groups is 1. The fourth-order valence-electron chi connectivity index (χ4n) is 4.05. The van der Waals surface area contributed by atoms with Crippen LogP contribution < -0.4 is 11.1 Å². The van der Waals surface area contributed by atoms with Gasteiger partial charge in [0.25, 0.3) is 11.1 Å². The fraction of sp³-hybridized carbons (Fsp3) is 0.0769. The predicted molar refractivity (Wildman–Crippen MR) is 130 cm³/mol. The average molecular weight is 440 g/mol. The van der Waals surface area contributed by atoms with Crippen molar-refractivity contribution in [1.82, 2.24) is 9.88 Å². The summed E-state index contributed by atoms with van der Waals surface area (Å²) in [5.41, 5.74) is 12.5. The highest BCUT2D eigenvalue weighted by molar-refractivity contribution is 8.18. The van der Waals surface area contributed by atoms with Crippen LogP contribution in [0.5, 0.6) is 0 Å². The van der Waals surface area contributed by atoms with Gasteiger partial charge in [-0.2, -0.15) is 0 Å². The first kappa shape index (κ1) is 20.3. The van der Waals surface area contributed by atoms with Gasteiger partial charge in [-0.05, 0) is 46.2 Å². The quantitative estimate of drug-likeness (QED) is 0.422. The molecule has 0 atom stereocenters. The van der Waals surface area contributed by atoms with Gasteiger partial charge in [-0.1, -0.05) is 66.7 Å². The van der Waals surface area contributed by atoms with Gasteiger partial charge in [0.2, 0.25) is 0 Å². The van der Waals surface area contributed by atoms with Crippen molar-refractivity contribution in [2.75, 3.05) is 0 Å². The zero-order valence-electron chi connectivity index (χ0n) is 17.2. The minimum atomic E-state index is -0.342. The van der Waals surface area contributed by atoms with Gasteiger partial charge in [-0.15, -0.1) is 0 Å². The number of imide groups is 1. The van der Waals surface area contributed by atoms with E-state index < -0.39 is 0 Å². The van der Waals surface area contributed by atoms with E-state index in [-0.39, 0.29) is 11.1 Å². The number of fused-ring (bicyclic) bond motifs is 1. The number of aromatic nitrogens is 1. The lowest BCUT2D eigenvalue weighted by Gasteiger charge is -2.10. The number of nitrogens with two attached hydrogens (primary N) is 1. The molecule has 1 aromatic heterocycles. The number of amides is 2. The molecule has 4 aromatic rings. The van der Waals surface area contributed by atoms with Crippen molar-refractivity contribution in [3.8, 4) is 11.1 Å².